The first kappa shape index (κ1) is 24.1. The predicted molar refractivity (Wildman–Crippen MR) is 125 cm³/mol. The Kier molecular flexibility index (Phi) is 8.18. The highest BCUT2D eigenvalue weighted by atomic mass is 79.9. The van der Waals surface area contributed by atoms with Crippen LogP contribution in [0.2, 0.25) is 0 Å². The maximum Gasteiger partial charge on any atom is 0.307 e. The number of hydrogen-bond donors (Lipinski definition) is 2. The number of carboxylic acids is 1. The fourth-order valence-corrected chi connectivity index (χ4v) is 4.62. The van der Waals surface area contributed by atoms with Crippen molar-refractivity contribution in [1.29, 1.82) is 0 Å². The van der Waals surface area contributed by atoms with E-state index in [0.29, 0.717) is 41.0 Å². The molecule has 32 heavy (non-hydrogen) atoms. The number of phenols is 1. The lowest BCUT2D eigenvalue weighted by atomic mass is 9.94. The Morgan fingerprint density at radius 2 is 1.75 bits per heavy atom. The molecular weight excluding hydrogens is 476 g/mol. The molecule has 1 aliphatic rings. The predicted octanol–water partition coefficient (Wildman–Crippen LogP) is 5.71. The van der Waals surface area contributed by atoms with E-state index in [4.69, 9.17) is 14.6 Å². The molecule has 2 atom stereocenters. The first-order valence-corrected chi connectivity index (χ1v) is 11.8. The van der Waals surface area contributed by atoms with Gasteiger partial charge in [0.2, 0.25) is 0 Å². The van der Waals surface area contributed by atoms with Crippen molar-refractivity contribution in [1.82, 2.24) is 0 Å². The maximum absolute atomic E-state index is 11.8. The average Bonchev–Trinajstić information content (AvgIpc) is 2.72. The van der Waals surface area contributed by atoms with Crippen LogP contribution in [0.5, 0.6) is 17.2 Å². The molecule has 2 aromatic rings. The van der Waals surface area contributed by atoms with Gasteiger partial charge in [-0.2, -0.15) is 0 Å². The van der Waals surface area contributed by atoms with Gasteiger partial charge < -0.3 is 19.7 Å². The zero-order valence-electron chi connectivity index (χ0n) is 18.4. The van der Waals surface area contributed by atoms with Crippen LogP contribution in [0.15, 0.2) is 34.8 Å². The number of phenolic OH excluding ortho intramolecular Hbond substituents is 1. The van der Waals surface area contributed by atoms with Crippen molar-refractivity contribution >= 4 is 27.7 Å². The van der Waals surface area contributed by atoms with Crippen molar-refractivity contribution in [2.75, 3.05) is 0 Å². The SMILES string of the molecule is CCCc1c(O[C@H]2CCC[C@@H](Oc3ccc(CC(=O)O)cc3Br)C2)ccc(C(C)=O)c1O. The van der Waals surface area contributed by atoms with E-state index in [0.717, 1.165) is 30.2 Å². The zero-order chi connectivity index (χ0) is 23.3. The van der Waals surface area contributed by atoms with Crippen molar-refractivity contribution in [2.45, 2.75) is 71.0 Å². The standard InChI is InChI=1S/C25H29BrO6/c1-3-5-20-22(11-9-19(15(2)27)25(20)30)31-17-6-4-7-18(14-17)32-23-10-8-16(12-21(23)26)13-24(28)29/h8-12,17-18,30H,3-7,13-14H2,1-2H3,(H,28,29)/t17-,18+/m0/s1. The molecule has 1 saturated carbocycles. The molecule has 1 fully saturated rings. The van der Waals surface area contributed by atoms with Crippen molar-refractivity contribution in [3.8, 4) is 17.2 Å². The first-order valence-electron chi connectivity index (χ1n) is 11.0. The van der Waals surface area contributed by atoms with Crippen LogP contribution >= 0.6 is 15.9 Å². The van der Waals surface area contributed by atoms with Gasteiger partial charge in [-0.05, 0) is 78.4 Å². The maximum atomic E-state index is 11.8. The molecule has 3 rings (SSSR count). The minimum Gasteiger partial charge on any atom is -0.507 e. The van der Waals surface area contributed by atoms with Crippen LogP contribution in [0.25, 0.3) is 0 Å². The Hall–Kier alpha value is -2.54. The third-order valence-electron chi connectivity index (χ3n) is 5.64. The van der Waals surface area contributed by atoms with E-state index in [1.807, 2.05) is 6.92 Å². The van der Waals surface area contributed by atoms with Crippen molar-refractivity contribution < 1.29 is 29.3 Å². The van der Waals surface area contributed by atoms with Crippen LogP contribution in [0.4, 0.5) is 0 Å². The molecule has 0 amide bonds. The second kappa shape index (κ2) is 10.9. The van der Waals surface area contributed by atoms with E-state index >= 15 is 0 Å². The molecule has 0 spiro atoms. The number of rotatable bonds is 9. The van der Waals surface area contributed by atoms with Gasteiger partial charge in [-0.3, -0.25) is 9.59 Å². The number of ether oxygens (including phenoxy) is 2. The smallest absolute Gasteiger partial charge is 0.307 e. The number of hydrogen-bond acceptors (Lipinski definition) is 5. The van der Waals surface area contributed by atoms with Crippen molar-refractivity contribution in [2.24, 2.45) is 0 Å². The van der Waals surface area contributed by atoms with Crippen molar-refractivity contribution in [3.63, 3.8) is 0 Å². The van der Waals surface area contributed by atoms with E-state index in [-0.39, 0.29) is 30.2 Å². The largest absolute Gasteiger partial charge is 0.507 e. The molecule has 0 unspecified atom stereocenters. The van der Waals surface area contributed by atoms with Crippen LogP contribution in [-0.4, -0.2) is 34.2 Å². The summed E-state index contributed by atoms with van der Waals surface area (Å²) in [6.07, 6.45) is 4.77. The summed E-state index contributed by atoms with van der Waals surface area (Å²) in [6.45, 7) is 3.47. The molecule has 0 radical (unpaired) electrons. The Labute approximate surface area is 196 Å². The third-order valence-corrected chi connectivity index (χ3v) is 6.26. The Balaban J connectivity index is 1.70. The molecule has 172 valence electrons. The van der Waals surface area contributed by atoms with Gasteiger partial charge in [0.1, 0.15) is 29.5 Å². The number of benzene rings is 2. The van der Waals surface area contributed by atoms with E-state index in [1.165, 1.54) is 6.92 Å². The normalized spacial score (nSPS) is 18.2. The molecule has 0 saturated heterocycles. The zero-order valence-corrected chi connectivity index (χ0v) is 20.0. The quantitative estimate of drug-likeness (QED) is 0.425. The number of carboxylic acid groups (broad SMARTS) is 1. The van der Waals surface area contributed by atoms with Gasteiger partial charge in [0.25, 0.3) is 0 Å². The average molecular weight is 505 g/mol. The van der Waals surface area contributed by atoms with Crippen LogP contribution < -0.4 is 9.47 Å². The van der Waals surface area contributed by atoms with Gasteiger partial charge in [0.15, 0.2) is 5.78 Å². The Morgan fingerprint density at radius 3 is 2.34 bits per heavy atom. The lowest BCUT2D eigenvalue weighted by Crippen LogP contribution is -2.32. The summed E-state index contributed by atoms with van der Waals surface area (Å²) < 4.78 is 13.2. The van der Waals surface area contributed by atoms with E-state index in [9.17, 15) is 14.7 Å². The number of aromatic hydroxyl groups is 1. The third kappa shape index (κ3) is 6.03. The summed E-state index contributed by atoms with van der Waals surface area (Å²) >= 11 is 3.48. The number of aliphatic carboxylic acids is 1. The highest BCUT2D eigenvalue weighted by Crippen LogP contribution is 2.36. The Morgan fingerprint density at radius 1 is 1.09 bits per heavy atom. The fourth-order valence-electron chi connectivity index (χ4n) is 4.10. The number of carbonyl (C=O) groups excluding carboxylic acids is 1. The van der Waals surface area contributed by atoms with Crippen LogP contribution in [0.3, 0.4) is 0 Å². The van der Waals surface area contributed by atoms with Gasteiger partial charge >= 0.3 is 5.97 Å². The monoisotopic (exact) mass is 504 g/mol. The second-order valence-electron chi connectivity index (χ2n) is 8.23. The van der Waals surface area contributed by atoms with Gasteiger partial charge in [-0.1, -0.05) is 19.4 Å². The number of halogens is 1. The molecule has 0 heterocycles. The molecule has 0 aliphatic heterocycles. The summed E-state index contributed by atoms with van der Waals surface area (Å²) in [5.41, 5.74) is 1.71. The van der Waals surface area contributed by atoms with Crippen LogP contribution in [-0.2, 0) is 17.6 Å². The summed E-state index contributed by atoms with van der Waals surface area (Å²) in [5, 5.41) is 19.5. The molecule has 0 bridgehead atoms. The summed E-state index contributed by atoms with van der Waals surface area (Å²) in [6, 6.07) is 8.74. The van der Waals surface area contributed by atoms with Crippen LogP contribution in [0, 0.1) is 0 Å². The molecule has 6 nitrogen and oxygen atoms in total. The van der Waals surface area contributed by atoms with Gasteiger partial charge in [-0.25, -0.2) is 0 Å². The van der Waals surface area contributed by atoms with Gasteiger partial charge in [0, 0.05) is 12.0 Å². The van der Waals surface area contributed by atoms with E-state index in [1.54, 1.807) is 30.3 Å². The fraction of sp³-hybridized carbons (Fsp3) is 0.440. The summed E-state index contributed by atoms with van der Waals surface area (Å²) in [5.74, 6) is 0.282. The lowest BCUT2D eigenvalue weighted by Gasteiger charge is -2.31. The van der Waals surface area contributed by atoms with Gasteiger partial charge in [0.05, 0.1) is 16.5 Å². The summed E-state index contributed by atoms with van der Waals surface area (Å²) in [4.78, 5) is 22.7. The van der Waals surface area contributed by atoms with Gasteiger partial charge in [-0.15, -0.1) is 0 Å². The molecule has 2 N–H and O–H groups in total. The highest BCUT2D eigenvalue weighted by molar-refractivity contribution is 9.10. The molecule has 7 heteroatoms. The minimum atomic E-state index is -0.873. The minimum absolute atomic E-state index is 0.0193. The molecule has 0 aromatic heterocycles. The summed E-state index contributed by atoms with van der Waals surface area (Å²) in [7, 11) is 0. The second-order valence-corrected chi connectivity index (χ2v) is 9.08. The Bertz CT molecular complexity index is 987. The topological polar surface area (TPSA) is 93.1 Å². The first-order chi connectivity index (χ1) is 15.3. The molecule has 2 aromatic carbocycles. The molecular formula is C25H29BrO6. The molecule has 1 aliphatic carbocycles. The lowest BCUT2D eigenvalue weighted by molar-refractivity contribution is -0.136. The van der Waals surface area contributed by atoms with E-state index in [2.05, 4.69) is 15.9 Å². The van der Waals surface area contributed by atoms with Crippen LogP contribution in [0.1, 0.15) is 67.4 Å². The highest BCUT2D eigenvalue weighted by Gasteiger charge is 2.27. The van der Waals surface area contributed by atoms with Crippen molar-refractivity contribution in [3.05, 3.63) is 51.5 Å². The number of carbonyl (C=O) groups is 2. The van der Waals surface area contributed by atoms with E-state index < -0.39 is 5.97 Å². The number of Topliss-reactive ketones (excluding diaryl/α,β-unsaturated/α-hetero) is 1. The number of ketones is 1.